The second-order valence-corrected chi connectivity index (χ2v) is 8.40. The van der Waals surface area contributed by atoms with Crippen LogP contribution in [0.5, 0.6) is 0 Å². The molecule has 0 aromatic rings. The molecule has 0 radical (unpaired) electrons. The van der Waals surface area contributed by atoms with Gasteiger partial charge < -0.3 is 0 Å². The number of hydrogen-bond donors (Lipinski definition) is 0. The molecule has 0 bridgehead atoms. The van der Waals surface area contributed by atoms with Gasteiger partial charge in [0.2, 0.25) is 0 Å². The van der Waals surface area contributed by atoms with Gasteiger partial charge >= 0.3 is 0 Å². The first kappa shape index (κ1) is 13.0. The van der Waals surface area contributed by atoms with Crippen LogP contribution in [0.1, 0.15) is 53.4 Å². The van der Waals surface area contributed by atoms with Gasteiger partial charge in [0.05, 0.1) is 0 Å². The zero-order valence-electron chi connectivity index (χ0n) is 8.58. The van der Waals surface area contributed by atoms with Gasteiger partial charge in [0.25, 0.3) is 0 Å². The SMILES string of the molecule is CCC(C)(Br)CCCC(C)(C)Br. The van der Waals surface area contributed by atoms with Crippen molar-refractivity contribution >= 4 is 31.9 Å². The van der Waals surface area contributed by atoms with Crippen molar-refractivity contribution in [2.45, 2.75) is 62.0 Å². The van der Waals surface area contributed by atoms with E-state index in [1.165, 1.54) is 25.7 Å². The normalized spacial score (nSPS) is 17.5. The lowest BCUT2D eigenvalue weighted by molar-refractivity contribution is 0.508. The first-order valence-corrected chi connectivity index (χ1v) is 6.23. The number of halogens is 2. The molecule has 0 rings (SSSR count). The molecule has 0 aliphatic heterocycles. The molecule has 0 N–H and O–H groups in total. The van der Waals surface area contributed by atoms with Gasteiger partial charge in [-0.1, -0.05) is 59.1 Å². The molecule has 0 heterocycles. The minimum Gasteiger partial charge on any atom is -0.0859 e. The van der Waals surface area contributed by atoms with Gasteiger partial charge in [0, 0.05) is 8.65 Å². The van der Waals surface area contributed by atoms with Crippen LogP contribution in [0.3, 0.4) is 0 Å². The predicted molar refractivity (Wildman–Crippen MR) is 64.5 cm³/mol. The lowest BCUT2D eigenvalue weighted by Gasteiger charge is -2.22. The smallest absolute Gasteiger partial charge is 0.0227 e. The summed E-state index contributed by atoms with van der Waals surface area (Å²) in [4.78, 5) is 0. The first-order valence-electron chi connectivity index (χ1n) is 4.65. The van der Waals surface area contributed by atoms with Crippen molar-refractivity contribution < 1.29 is 0 Å². The van der Waals surface area contributed by atoms with Gasteiger partial charge in [-0.3, -0.25) is 0 Å². The molecule has 0 aliphatic rings. The van der Waals surface area contributed by atoms with Crippen LogP contribution in [0.15, 0.2) is 0 Å². The lowest BCUT2D eigenvalue weighted by Crippen LogP contribution is -2.16. The van der Waals surface area contributed by atoms with Crippen LogP contribution in [0.2, 0.25) is 0 Å². The summed E-state index contributed by atoms with van der Waals surface area (Å²) < 4.78 is 0.662. The third-order valence-electron chi connectivity index (χ3n) is 2.21. The van der Waals surface area contributed by atoms with Gasteiger partial charge in [-0.2, -0.15) is 0 Å². The molecule has 0 nitrogen and oxygen atoms in total. The Kier molecular flexibility index (Phi) is 5.39. The fourth-order valence-electron chi connectivity index (χ4n) is 1.05. The standard InChI is InChI=1S/C10H20Br2/c1-5-10(4,12)8-6-7-9(2,3)11/h5-8H2,1-4H3. The van der Waals surface area contributed by atoms with E-state index < -0.39 is 0 Å². The van der Waals surface area contributed by atoms with Crippen molar-refractivity contribution in [2.75, 3.05) is 0 Å². The summed E-state index contributed by atoms with van der Waals surface area (Å²) in [6.45, 7) is 8.96. The lowest BCUT2D eigenvalue weighted by atomic mass is 9.98. The molecule has 12 heavy (non-hydrogen) atoms. The second-order valence-electron chi connectivity index (χ2n) is 4.34. The Hall–Kier alpha value is 0.960. The summed E-state index contributed by atoms with van der Waals surface area (Å²) in [5.74, 6) is 0. The number of hydrogen-bond acceptors (Lipinski definition) is 0. The fraction of sp³-hybridized carbons (Fsp3) is 1.00. The maximum atomic E-state index is 3.73. The van der Waals surface area contributed by atoms with E-state index in [1.54, 1.807) is 0 Å². The molecular formula is C10H20Br2. The number of alkyl halides is 2. The zero-order valence-corrected chi connectivity index (χ0v) is 11.8. The highest BCUT2D eigenvalue weighted by Gasteiger charge is 2.19. The van der Waals surface area contributed by atoms with Crippen molar-refractivity contribution in [3.8, 4) is 0 Å². The molecular weight excluding hydrogens is 280 g/mol. The quantitative estimate of drug-likeness (QED) is 0.634. The molecule has 0 fully saturated rings. The van der Waals surface area contributed by atoms with Gasteiger partial charge in [-0.15, -0.1) is 0 Å². The predicted octanol–water partition coefficient (Wildman–Crippen LogP) is 4.89. The van der Waals surface area contributed by atoms with E-state index in [0.717, 1.165) is 0 Å². The van der Waals surface area contributed by atoms with Gasteiger partial charge in [-0.05, 0) is 26.2 Å². The van der Waals surface area contributed by atoms with Crippen molar-refractivity contribution in [3.05, 3.63) is 0 Å². The molecule has 0 amide bonds. The van der Waals surface area contributed by atoms with Crippen LogP contribution >= 0.6 is 31.9 Å². The van der Waals surface area contributed by atoms with Crippen LogP contribution in [-0.2, 0) is 0 Å². The summed E-state index contributed by atoms with van der Waals surface area (Å²) in [7, 11) is 0. The van der Waals surface area contributed by atoms with E-state index in [1.807, 2.05) is 0 Å². The Balaban J connectivity index is 3.57. The third-order valence-corrected chi connectivity index (χ3v) is 3.56. The molecule has 0 aromatic carbocycles. The molecule has 0 spiro atoms. The largest absolute Gasteiger partial charge is 0.0859 e. The Morgan fingerprint density at radius 2 is 1.50 bits per heavy atom. The molecule has 2 heteroatoms. The molecule has 74 valence electrons. The Labute approximate surface area is 93.8 Å². The molecule has 0 aliphatic carbocycles. The van der Waals surface area contributed by atoms with Gasteiger partial charge in [0.15, 0.2) is 0 Å². The van der Waals surface area contributed by atoms with Crippen LogP contribution in [0, 0.1) is 0 Å². The van der Waals surface area contributed by atoms with E-state index in [0.29, 0.717) is 8.65 Å². The summed E-state index contributed by atoms with van der Waals surface area (Å²) in [6, 6.07) is 0. The van der Waals surface area contributed by atoms with Crippen LogP contribution in [0.4, 0.5) is 0 Å². The van der Waals surface area contributed by atoms with Gasteiger partial charge in [-0.25, -0.2) is 0 Å². The molecule has 0 saturated carbocycles. The van der Waals surface area contributed by atoms with Crippen molar-refractivity contribution in [1.82, 2.24) is 0 Å². The van der Waals surface area contributed by atoms with Crippen LogP contribution in [-0.4, -0.2) is 8.65 Å². The molecule has 0 aromatic heterocycles. The Morgan fingerprint density at radius 1 is 1.00 bits per heavy atom. The number of rotatable bonds is 5. The maximum absolute atomic E-state index is 3.73. The average Bonchev–Trinajstić information content (AvgIpc) is 1.84. The van der Waals surface area contributed by atoms with Crippen molar-refractivity contribution in [3.63, 3.8) is 0 Å². The minimum atomic E-state index is 0.309. The topological polar surface area (TPSA) is 0 Å². The van der Waals surface area contributed by atoms with Gasteiger partial charge in [0.1, 0.15) is 0 Å². The second kappa shape index (κ2) is 4.99. The summed E-state index contributed by atoms with van der Waals surface area (Å²) in [5.41, 5.74) is 0. The molecule has 0 saturated heterocycles. The summed E-state index contributed by atoms with van der Waals surface area (Å²) in [5, 5.41) is 0. The highest BCUT2D eigenvalue weighted by Crippen LogP contribution is 2.31. The minimum absolute atomic E-state index is 0.309. The highest BCUT2D eigenvalue weighted by molar-refractivity contribution is 9.10. The summed E-state index contributed by atoms with van der Waals surface area (Å²) in [6.07, 6.45) is 5.00. The van der Waals surface area contributed by atoms with Crippen molar-refractivity contribution in [1.29, 1.82) is 0 Å². The average molecular weight is 300 g/mol. The highest BCUT2D eigenvalue weighted by atomic mass is 79.9. The van der Waals surface area contributed by atoms with E-state index in [2.05, 4.69) is 59.6 Å². The molecule has 1 atom stereocenters. The Bertz CT molecular complexity index is 122. The van der Waals surface area contributed by atoms with Crippen LogP contribution in [0.25, 0.3) is 0 Å². The van der Waals surface area contributed by atoms with Crippen LogP contribution < -0.4 is 0 Å². The van der Waals surface area contributed by atoms with E-state index in [-0.39, 0.29) is 0 Å². The third kappa shape index (κ3) is 7.60. The first-order chi connectivity index (χ1) is 5.27. The van der Waals surface area contributed by atoms with E-state index in [4.69, 9.17) is 0 Å². The van der Waals surface area contributed by atoms with E-state index in [9.17, 15) is 0 Å². The zero-order chi connectivity index (χ0) is 9.83. The van der Waals surface area contributed by atoms with E-state index >= 15 is 0 Å². The monoisotopic (exact) mass is 298 g/mol. The maximum Gasteiger partial charge on any atom is 0.0227 e. The fourth-order valence-corrected chi connectivity index (χ4v) is 1.61. The Morgan fingerprint density at radius 3 is 1.83 bits per heavy atom. The molecule has 1 unspecified atom stereocenters. The van der Waals surface area contributed by atoms with Crippen molar-refractivity contribution in [2.24, 2.45) is 0 Å². The summed E-state index contributed by atoms with van der Waals surface area (Å²) >= 11 is 7.39.